The van der Waals surface area contributed by atoms with Crippen LogP contribution < -0.4 is 4.74 Å². The Hall–Kier alpha value is -1.57. The van der Waals surface area contributed by atoms with E-state index in [-0.39, 0.29) is 18.9 Å². The van der Waals surface area contributed by atoms with E-state index >= 15 is 0 Å². The van der Waals surface area contributed by atoms with E-state index < -0.39 is 5.97 Å². The van der Waals surface area contributed by atoms with E-state index in [2.05, 4.69) is 0 Å². The lowest BCUT2D eigenvalue weighted by molar-refractivity contribution is -0.137. The molecule has 0 spiro atoms. The predicted molar refractivity (Wildman–Crippen MR) is 94.8 cm³/mol. The Morgan fingerprint density at radius 1 is 1.52 bits per heavy atom. The average Bonchev–Trinajstić information content (AvgIpc) is 2.74. The fourth-order valence-corrected chi connectivity index (χ4v) is 3.44. The molecule has 1 amide bonds. The van der Waals surface area contributed by atoms with Gasteiger partial charge in [-0.15, -0.1) is 0 Å². The van der Waals surface area contributed by atoms with Gasteiger partial charge in [0.25, 0.3) is 5.91 Å². The zero-order chi connectivity index (χ0) is 17.0. The molecule has 5 nitrogen and oxygen atoms in total. The number of hydrogen-bond acceptors (Lipinski definition) is 5. The first-order valence-electron chi connectivity index (χ1n) is 6.82. The Bertz CT molecular complexity index is 690. The van der Waals surface area contributed by atoms with Crippen molar-refractivity contribution in [3.63, 3.8) is 0 Å². The van der Waals surface area contributed by atoms with Gasteiger partial charge in [-0.1, -0.05) is 35.6 Å². The number of carbonyl (C=O) groups is 2. The SMILES string of the molecule is CCOc1ccc(Cl)cc1C=C1SC(=S)N(CCC(=O)O)C1=O. The molecule has 23 heavy (non-hydrogen) atoms. The maximum Gasteiger partial charge on any atom is 0.305 e. The van der Waals surface area contributed by atoms with Gasteiger partial charge in [0.1, 0.15) is 10.1 Å². The molecule has 0 aliphatic carbocycles. The number of thiocarbonyl (C=S) groups is 1. The van der Waals surface area contributed by atoms with Crippen LogP contribution in [-0.2, 0) is 9.59 Å². The second-order valence-corrected chi connectivity index (χ2v) is 6.70. The van der Waals surface area contributed by atoms with Crippen molar-refractivity contribution in [2.75, 3.05) is 13.2 Å². The number of aliphatic carboxylic acids is 1. The van der Waals surface area contributed by atoms with Crippen molar-refractivity contribution in [3.05, 3.63) is 33.7 Å². The molecule has 1 fully saturated rings. The van der Waals surface area contributed by atoms with E-state index in [1.165, 1.54) is 4.90 Å². The van der Waals surface area contributed by atoms with E-state index in [4.69, 9.17) is 33.7 Å². The number of ether oxygens (including phenoxy) is 1. The summed E-state index contributed by atoms with van der Waals surface area (Å²) in [6.45, 7) is 2.41. The Labute approximate surface area is 148 Å². The van der Waals surface area contributed by atoms with Crippen LogP contribution in [0.5, 0.6) is 5.75 Å². The van der Waals surface area contributed by atoms with Crippen molar-refractivity contribution in [1.29, 1.82) is 0 Å². The van der Waals surface area contributed by atoms with Crippen LogP contribution in [0.3, 0.4) is 0 Å². The molecule has 1 aliphatic heterocycles. The van der Waals surface area contributed by atoms with Crippen molar-refractivity contribution in [2.45, 2.75) is 13.3 Å². The molecular formula is C15H14ClNO4S2. The first-order valence-corrected chi connectivity index (χ1v) is 8.42. The number of halogens is 1. The van der Waals surface area contributed by atoms with Crippen molar-refractivity contribution in [2.24, 2.45) is 0 Å². The number of carboxylic acid groups (broad SMARTS) is 1. The van der Waals surface area contributed by atoms with Gasteiger partial charge in [0, 0.05) is 17.1 Å². The maximum absolute atomic E-state index is 12.4. The molecule has 0 saturated carbocycles. The quantitative estimate of drug-likeness (QED) is 0.610. The molecule has 1 aromatic rings. The summed E-state index contributed by atoms with van der Waals surface area (Å²) in [7, 11) is 0. The highest BCUT2D eigenvalue weighted by Gasteiger charge is 2.32. The summed E-state index contributed by atoms with van der Waals surface area (Å²) in [6.07, 6.45) is 1.51. The fraction of sp³-hybridized carbons (Fsp3) is 0.267. The molecule has 1 aliphatic rings. The van der Waals surface area contributed by atoms with Gasteiger partial charge in [-0.2, -0.15) is 0 Å². The molecule has 0 atom stereocenters. The highest BCUT2D eigenvalue weighted by atomic mass is 35.5. The highest BCUT2D eigenvalue weighted by Crippen LogP contribution is 2.35. The van der Waals surface area contributed by atoms with E-state index in [9.17, 15) is 9.59 Å². The molecule has 0 unspecified atom stereocenters. The van der Waals surface area contributed by atoms with Crippen LogP contribution in [0.2, 0.25) is 5.02 Å². The summed E-state index contributed by atoms with van der Waals surface area (Å²) in [5, 5.41) is 9.27. The number of hydrogen-bond donors (Lipinski definition) is 1. The molecule has 1 aromatic carbocycles. The average molecular weight is 372 g/mol. The van der Waals surface area contributed by atoms with Crippen LogP contribution in [-0.4, -0.2) is 39.4 Å². The van der Waals surface area contributed by atoms with Crippen LogP contribution in [0.1, 0.15) is 18.9 Å². The van der Waals surface area contributed by atoms with E-state index in [1.807, 2.05) is 6.92 Å². The zero-order valence-electron chi connectivity index (χ0n) is 12.2. The lowest BCUT2D eigenvalue weighted by Gasteiger charge is -2.12. The number of carboxylic acids is 1. The monoisotopic (exact) mass is 371 g/mol. The smallest absolute Gasteiger partial charge is 0.305 e. The van der Waals surface area contributed by atoms with E-state index in [0.717, 1.165) is 11.8 Å². The molecular weight excluding hydrogens is 358 g/mol. The van der Waals surface area contributed by atoms with Crippen molar-refractivity contribution < 1.29 is 19.4 Å². The molecule has 1 saturated heterocycles. The summed E-state index contributed by atoms with van der Waals surface area (Å²) in [5.41, 5.74) is 0.679. The van der Waals surface area contributed by atoms with Crippen LogP contribution in [0, 0.1) is 0 Å². The first kappa shape index (κ1) is 17.8. The Balaban J connectivity index is 2.27. The molecule has 0 bridgehead atoms. The molecule has 122 valence electrons. The summed E-state index contributed by atoms with van der Waals surface area (Å²) in [5.74, 6) is -0.659. The van der Waals surface area contributed by atoms with Crippen LogP contribution in [0.4, 0.5) is 0 Å². The minimum absolute atomic E-state index is 0.0607. The molecule has 1 N–H and O–H groups in total. The largest absolute Gasteiger partial charge is 0.493 e. The molecule has 1 heterocycles. The third-order valence-electron chi connectivity index (χ3n) is 2.98. The second-order valence-electron chi connectivity index (χ2n) is 4.59. The summed E-state index contributed by atoms with van der Waals surface area (Å²) < 4.78 is 5.87. The van der Waals surface area contributed by atoms with Crippen molar-refractivity contribution >= 4 is 57.9 Å². The van der Waals surface area contributed by atoms with Gasteiger partial charge < -0.3 is 9.84 Å². The maximum atomic E-state index is 12.4. The lowest BCUT2D eigenvalue weighted by Crippen LogP contribution is -2.30. The minimum atomic E-state index is -0.975. The third kappa shape index (κ3) is 4.46. The minimum Gasteiger partial charge on any atom is -0.493 e. The number of thioether (sulfide) groups is 1. The van der Waals surface area contributed by atoms with Crippen LogP contribution in [0.15, 0.2) is 23.1 Å². The van der Waals surface area contributed by atoms with Gasteiger partial charge in [0.15, 0.2) is 0 Å². The predicted octanol–water partition coefficient (Wildman–Crippen LogP) is 3.41. The first-order chi connectivity index (χ1) is 10.9. The normalized spacial score (nSPS) is 16.3. The summed E-state index contributed by atoms with van der Waals surface area (Å²) in [4.78, 5) is 24.7. The zero-order valence-corrected chi connectivity index (χ0v) is 14.6. The highest BCUT2D eigenvalue weighted by molar-refractivity contribution is 8.26. The van der Waals surface area contributed by atoms with Crippen molar-refractivity contribution in [1.82, 2.24) is 4.90 Å². The van der Waals surface area contributed by atoms with Gasteiger partial charge in [0.2, 0.25) is 0 Å². The Morgan fingerprint density at radius 3 is 2.91 bits per heavy atom. The number of carbonyl (C=O) groups excluding carboxylic acids is 1. The van der Waals surface area contributed by atoms with Crippen LogP contribution in [0.25, 0.3) is 6.08 Å². The molecule has 8 heteroatoms. The van der Waals surface area contributed by atoms with Crippen molar-refractivity contribution in [3.8, 4) is 5.75 Å². The Kier molecular flexibility index (Phi) is 6.04. The number of nitrogens with zero attached hydrogens (tertiary/aromatic N) is 1. The third-order valence-corrected chi connectivity index (χ3v) is 4.59. The topological polar surface area (TPSA) is 66.8 Å². The van der Waals surface area contributed by atoms with Gasteiger partial charge in [-0.05, 0) is 31.2 Å². The van der Waals surface area contributed by atoms with Gasteiger partial charge in [0.05, 0.1) is 17.9 Å². The van der Waals surface area contributed by atoms with E-state index in [0.29, 0.717) is 32.2 Å². The van der Waals surface area contributed by atoms with E-state index in [1.54, 1.807) is 24.3 Å². The Morgan fingerprint density at radius 2 is 2.26 bits per heavy atom. The number of rotatable bonds is 6. The number of amides is 1. The molecule has 0 radical (unpaired) electrons. The lowest BCUT2D eigenvalue weighted by atomic mass is 10.2. The molecule has 0 aromatic heterocycles. The molecule has 2 rings (SSSR count). The summed E-state index contributed by atoms with van der Waals surface area (Å²) in [6, 6.07) is 5.15. The van der Waals surface area contributed by atoms with Gasteiger partial charge in [-0.25, -0.2) is 0 Å². The number of benzene rings is 1. The van der Waals surface area contributed by atoms with Gasteiger partial charge in [-0.3, -0.25) is 14.5 Å². The van der Waals surface area contributed by atoms with Crippen LogP contribution >= 0.6 is 35.6 Å². The standard InChI is InChI=1S/C15H14ClNO4S2/c1-2-21-11-4-3-10(16)7-9(11)8-12-14(20)17(15(22)23-12)6-5-13(18)19/h3-4,7-8H,2,5-6H2,1H3,(H,18,19). The summed E-state index contributed by atoms with van der Waals surface area (Å²) >= 11 is 12.3. The van der Waals surface area contributed by atoms with Gasteiger partial charge >= 0.3 is 5.97 Å². The second kappa shape index (κ2) is 7.81. The fourth-order valence-electron chi connectivity index (χ4n) is 1.96.